The summed E-state index contributed by atoms with van der Waals surface area (Å²) in [6, 6.07) is 5.24. The SMILES string of the molecule is CC(C)(C)C[C@H]1N[C@@H](C(=O)CCC[C@](C)(O)CO)[C@H](c2ccc(F)c(Cl)c2)[C@@]12C(=O)Nc1cc(Cl)c(F)cc12. The third kappa shape index (κ3) is 5.59. The van der Waals surface area contributed by atoms with E-state index in [0.717, 1.165) is 0 Å². The minimum atomic E-state index is -1.42. The highest BCUT2D eigenvalue weighted by molar-refractivity contribution is 6.31. The summed E-state index contributed by atoms with van der Waals surface area (Å²) in [5.74, 6) is -2.83. The highest BCUT2D eigenvalue weighted by Crippen LogP contribution is 2.57. The van der Waals surface area contributed by atoms with Gasteiger partial charge in [-0.05, 0) is 67.0 Å². The third-order valence-corrected chi connectivity index (χ3v) is 8.41. The molecule has 1 amide bonds. The predicted molar refractivity (Wildman–Crippen MR) is 147 cm³/mol. The Hall–Kier alpha value is -2.10. The molecule has 10 heteroatoms. The van der Waals surface area contributed by atoms with Crippen LogP contribution in [0, 0.1) is 17.0 Å². The largest absolute Gasteiger partial charge is 0.393 e. The molecule has 0 bridgehead atoms. The molecular weight excluding hydrogens is 549 g/mol. The number of aliphatic hydroxyl groups excluding tert-OH is 1. The van der Waals surface area contributed by atoms with Crippen LogP contribution in [-0.2, 0) is 15.0 Å². The second kappa shape index (κ2) is 10.7. The Morgan fingerprint density at radius 1 is 1.08 bits per heavy atom. The molecule has 2 aromatic carbocycles. The molecule has 0 saturated carbocycles. The number of amides is 1. The number of rotatable bonds is 8. The van der Waals surface area contributed by atoms with Crippen molar-refractivity contribution in [1.29, 1.82) is 0 Å². The first kappa shape index (κ1) is 29.9. The number of fused-ring (bicyclic) bond motifs is 2. The van der Waals surface area contributed by atoms with Gasteiger partial charge in [0.15, 0.2) is 0 Å². The molecule has 2 aliphatic heterocycles. The third-order valence-electron chi connectivity index (χ3n) is 7.83. The van der Waals surface area contributed by atoms with Gasteiger partial charge in [-0.3, -0.25) is 9.59 Å². The fourth-order valence-electron chi connectivity index (χ4n) is 6.07. The molecule has 1 fully saturated rings. The summed E-state index contributed by atoms with van der Waals surface area (Å²) >= 11 is 12.2. The Kier molecular flexibility index (Phi) is 8.20. The van der Waals surface area contributed by atoms with Gasteiger partial charge in [-0.1, -0.05) is 50.0 Å². The van der Waals surface area contributed by atoms with Crippen molar-refractivity contribution >= 4 is 40.6 Å². The van der Waals surface area contributed by atoms with Gasteiger partial charge in [-0.15, -0.1) is 0 Å². The lowest BCUT2D eigenvalue weighted by atomic mass is 9.62. The van der Waals surface area contributed by atoms with E-state index in [0.29, 0.717) is 29.7 Å². The number of aliphatic hydroxyl groups is 2. The number of carbonyl (C=O) groups excluding carboxylic acids is 2. The van der Waals surface area contributed by atoms with Crippen molar-refractivity contribution in [2.24, 2.45) is 5.41 Å². The molecule has 0 radical (unpaired) electrons. The fraction of sp³-hybridized carbons (Fsp3) is 0.517. The van der Waals surface area contributed by atoms with Crippen LogP contribution >= 0.6 is 23.2 Å². The van der Waals surface area contributed by atoms with Crippen LogP contribution in [0.2, 0.25) is 10.0 Å². The van der Waals surface area contributed by atoms with Crippen molar-refractivity contribution in [2.75, 3.05) is 11.9 Å². The zero-order valence-electron chi connectivity index (χ0n) is 22.4. The molecule has 1 saturated heterocycles. The van der Waals surface area contributed by atoms with Gasteiger partial charge in [0, 0.05) is 24.1 Å². The van der Waals surface area contributed by atoms with Gasteiger partial charge < -0.3 is 20.8 Å². The van der Waals surface area contributed by atoms with Crippen molar-refractivity contribution < 1.29 is 28.6 Å². The zero-order valence-corrected chi connectivity index (χ0v) is 23.9. The molecule has 0 unspecified atom stereocenters. The van der Waals surface area contributed by atoms with Crippen LogP contribution < -0.4 is 10.6 Å². The number of halogens is 4. The van der Waals surface area contributed by atoms with Crippen LogP contribution in [0.1, 0.15) is 70.4 Å². The highest BCUT2D eigenvalue weighted by Gasteiger charge is 2.65. The first-order valence-electron chi connectivity index (χ1n) is 13.0. The summed E-state index contributed by atoms with van der Waals surface area (Å²) in [6.07, 6.45) is 1.00. The number of hydrogen-bond acceptors (Lipinski definition) is 5. The van der Waals surface area contributed by atoms with Gasteiger partial charge in [0.05, 0.1) is 28.3 Å². The van der Waals surface area contributed by atoms with Crippen molar-refractivity contribution in [1.82, 2.24) is 5.32 Å². The molecule has 212 valence electrons. The Morgan fingerprint density at radius 2 is 1.74 bits per heavy atom. The van der Waals surface area contributed by atoms with Crippen molar-refractivity contribution in [2.45, 2.75) is 82.4 Å². The van der Waals surface area contributed by atoms with Crippen molar-refractivity contribution in [3.63, 3.8) is 0 Å². The minimum Gasteiger partial charge on any atom is -0.393 e. The Morgan fingerprint density at radius 3 is 2.36 bits per heavy atom. The van der Waals surface area contributed by atoms with E-state index in [1.807, 2.05) is 20.8 Å². The molecule has 6 nitrogen and oxygen atoms in total. The number of Topliss-reactive ketones (excluding diaryl/α,β-unsaturated/α-hetero) is 1. The molecule has 4 N–H and O–H groups in total. The normalized spacial score (nSPS) is 26.0. The Bertz CT molecular complexity index is 1300. The van der Waals surface area contributed by atoms with Gasteiger partial charge in [0.1, 0.15) is 22.8 Å². The first-order chi connectivity index (χ1) is 18.1. The first-order valence-corrected chi connectivity index (χ1v) is 13.7. The molecule has 0 aromatic heterocycles. The number of carbonyl (C=O) groups is 2. The fourth-order valence-corrected chi connectivity index (χ4v) is 6.42. The summed E-state index contributed by atoms with van der Waals surface area (Å²) in [6.45, 7) is 7.07. The number of nitrogens with one attached hydrogen (secondary N) is 2. The van der Waals surface area contributed by atoms with Gasteiger partial charge in [-0.25, -0.2) is 8.78 Å². The average molecular weight is 584 g/mol. The van der Waals surface area contributed by atoms with E-state index < -0.39 is 53.2 Å². The molecule has 5 atom stereocenters. The van der Waals surface area contributed by atoms with Crippen LogP contribution in [-0.4, -0.2) is 46.2 Å². The van der Waals surface area contributed by atoms with E-state index in [1.165, 1.54) is 37.3 Å². The molecule has 0 aliphatic carbocycles. The second-order valence-electron chi connectivity index (χ2n) is 12.2. The monoisotopic (exact) mass is 582 g/mol. The van der Waals surface area contributed by atoms with E-state index in [1.54, 1.807) is 0 Å². The standard InChI is InChI=1S/C29H34Cl2F2N2O4/c1-27(2,3)13-23-29(16-11-20(33)18(31)12-21(16)34-26(29)38)24(15-7-8-19(32)17(30)10-15)25(35-23)22(37)6-5-9-28(4,39)14-36/h7-8,10-12,23-25,35-36,39H,5-6,9,13-14H2,1-4H3,(H,34,38)/t23-,24+,25+,28+,29+/m1/s1. The Labute approximate surface area is 237 Å². The maximum Gasteiger partial charge on any atom is 0.237 e. The van der Waals surface area contributed by atoms with Crippen molar-refractivity contribution in [3.05, 3.63) is 63.1 Å². The van der Waals surface area contributed by atoms with Crippen LogP contribution in [0.15, 0.2) is 30.3 Å². The lowest BCUT2D eigenvalue weighted by molar-refractivity contribution is -0.122. The molecular formula is C29H34Cl2F2N2O4. The summed E-state index contributed by atoms with van der Waals surface area (Å²) in [5, 5.41) is 25.5. The second-order valence-corrected chi connectivity index (χ2v) is 13.0. The van der Waals surface area contributed by atoms with E-state index in [-0.39, 0.29) is 34.1 Å². The molecule has 2 aromatic rings. The molecule has 2 heterocycles. The lowest BCUT2D eigenvalue weighted by Crippen LogP contribution is -2.49. The molecule has 1 spiro atoms. The van der Waals surface area contributed by atoms with Gasteiger partial charge in [0.2, 0.25) is 5.91 Å². The van der Waals surface area contributed by atoms with Crippen molar-refractivity contribution in [3.8, 4) is 0 Å². The van der Waals surface area contributed by atoms with E-state index in [9.17, 15) is 28.6 Å². The van der Waals surface area contributed by atoms with Crippen LogP contribution in [0.4, 0.5) is 14.5 Å². The van der Waals surface area contributed by atoms with Crippen LogP contribution in [0.3, 0.4) is 0 Å². The van der Waals surface area contributed by atoms with Gasteiger partial charge >= 0.3 is 0 Å². The summed E-state index contributed by atoms with van der Waals surface area (Å²) in [5.41, 5.74) is -1.85. The van der Waals surface area contributed by atoms with Crippen LogP contribution in [0.25, 0.3) is 0 Å². The number of hydrogen-bond donors (Lipinski definition) is 4. The number of benzene rings is 2. The molecule has 2 aliphatic rings. The number of anilines is 1. The lowest BCUT2D eigenvalue weighted by Gasteiger charge is -2.37. The number of ketones is 1. The highest BCUT2D eigenvalue weighted by atomic mass is 35.5. The zero-order chi connectivity index (χ0) is 28.9. The van der Waals surface area contributed by atoms with Gasteiger partial charge in [-0.2, -0.15) is 0 Å². The minimum absolute atomic E-state index is 0.0566. The Balaban J connectivity index is 1.89. The van der Waals surface area contributed by atoms with Gasteiger partial charge in [0.25, 0.3) is 0 Å². The average Bonchev–Trinajstić information content (AvgIpc) is 3.30. The maximum atomic E-state index is 14.9. The smallest absolute Gasteiger partial charge is 0.237 e. The van der Waals surface area contributed by atoms with E-state index >= 15 is 0 Å². The summed E-state index contributed by atoms with van der Waals surface area (Å²) in [4.78, 5) is 27.9. The quantitative estimate of drug-likeness (QED) is 0.329. The molecule has 39 heavy (non-hydrogen) atoms. The van der Waals surface area contributed by atoms with E-state index in [2.05, 4.69) is 10.6 Å². The van der Waals surface area contributed by atoms with Crippen LogP contribution in [0.5, 0.6) is 0 Å². The molecule has 4 rings (SSSR count). The predicted octanol–water partition coefficient (Wildman–Crippen LogP) is 5.50. The van der Waals surface area contributed by atoms with E-state index in [4.69, 9.17) is 23.2 Å². The summed E-state index contributed by atoms with van der Waals surface area (Å²) < 4.78 is 29.2. The topological polar surface area (TPSA) is 98.7 Å². The maximum absolute atomic E-state index is 14.9. The summed E-state index contributed by atoms with van der Waals surface area (Å²) in [7, 11) is 0.